The summed E-state index contributed by atoms with van der Waals surface area (Å²) in [6.45, 7) is 5.01. The third kappa shape index (κ3) is 3.37. The van der Waals surface area contributed by atoms with Gasteiger partial charge in [-0.25, -0.2) is 14.5 Å². The second kappa shape index (κ2) is 7.70. The van der Waals surface area contributed by atoms with Crippen LogP contribution in [0.15, 0.2) is 24.7 Å². The Morgan fingerprint density at radius 2 is 2.12 bits per heavy atom. The predicted octanol–water partition coefficient (Wildman–Crippen LogP) is 1.95. The van der Waals surface area contributed by atoms with Crippen molar-refractivity contribution in [2.45, 2.75) is 32.4 Å². The van der Waals surface area contributed by atoms with Crippen molar-refractivity contribution in [1.82, 2.24) is 29.5 Å². The summed E-state index contributed by atoms with van der Waals surface area (Å²) in [6, 6.07) is 2.45. The van der Waals surface area contributed by atoms with Crippen LogP contribution in [0.4, 0.5) is 0 Å². The minimum atomic E-state index is 0. The van der Waals surface area contributed by atoms with Crippen molar-refractivity contribution >= 4 is 30.5 Å². The van der Waals surface area contributed by atoms with Crippen LogP contribution in [-0.4, -0.2) is 48.4 Å². The standard InChI is InChI=1S/C16H20N6O.2ClH/c1-10-5-11(2)22-16(20-10)14(8-19-22)15-17-3-4-21(15)13-6-12(9-23)18-7-13;;/h3-5,8,12-13,18,23H,6-7,9H2,1-2H3;2*1H/t12-,13+;;/m0../s1. The first-order chi connectivity index (χ1) is 11.2. The highest BCUT2D eigenvalue weighted by Gasteiger charge is 2.27. The maximum absolute atomic E-state index is 9.33. The van der Waals surface area contributed by atoms with Gasteiger partial charge in [0.2, 0.25) is 0 Å². The Labute approximate surface area is 158 Å². The summed E-state index contributed by atoms with van der Waals surface area (Å²) in [5.41, 5.74) is 3.80. The fourth-order valence-corrected chi connectivity index (χ4v) is 3.39. The minimum absolute atomic E-state index is 0. The monoisotopic (exact) mass is 384 g/mol. The van der Waals surface area contributed by atoms with E-state index in [-0.39, 0.29) is 43.5 Å². The first kappa shape index (κ1) is 19.7. The lowest BCUT2D eigenvalue weighted by atomic mass is 10.1. The molecule has 25 heavy (non-hydrogen) atoms. The molecule has 136 valence electrons. The average molecular weight is 385 g/mol. The van der Waals surface area contributed by atoms with Crippen LogP contribution in [0, 0.1) is 13.8 Å². The number of hydrogen-bond acceptors (Lipinski definition) is 5. The second-order valence-corrected chi connectivity index (χ2v) is 6.17. The van der Waals surface area contributed by atoms with Crippen molar-refractivity contribution in [3.63, 3.8) is 0 Å². The normalized spacial score (nSPS) is 19.6. The lowest BCUT2D eigenvalue weighted by molar-refractivity contribution is 0.253. The molecule has 3 aromatic rings. The number of fused-ring (bicyclic) bond motifs is 1. The fraction of sp³-hybridized carbons (Fsp3) is 0.438. The number of imidazole rings is 1. The number of aromatic nitrogens is 5. The Kier molecular flexibility index (Phi) is 6.05. The molecule has 0 unspecified atom stereocenters. The van der Waals surface area contributed by atoms with E-state index in [1.54, 1.807) is 0 Å². The molecule has 1 saturated heterocycles. The van der Waals surface area contributed by atoms with Crippen LogP contribution in [0.5, 0.6) is 0 Å². The van der Waals surface area contributed by atoms with Crippen LogP contribution in [0.1, 0.15) is 23.9 Å². The molecular weight excluding hydrogens is 363 g/mol. The highest BCUT2D eigenvalue weighted by atomic mass is 35.5. The molecule has 0 saturated carbocycles. The number of aryl methyl sites for hydroxylation is 2. The van der Waals surface area contributed by atoms with Gasteiger partial charge < -0.3 is 15.0 Å². The Morgan fingerprint density at radius 1 is 1.32 bits per heavy atom. The number of nitrogens with one attached hydrogen (secondary N) is 1. The fourth-order valence-electron chi connectivity index (χ4n) is 3.39. The second-order valence-electron chi connectivity index (χ2n) is 6.17. The van der Waals surface area contributed by atoms with E-state index in [4.69, 9.17) is 0 Å². The van der Waals surface area contributed by atoms with Gasteiger partial charge in [0.05, 0.1) is 18.4 Å². The summed E-state index contributed by atoms with van der Waals surface area (Å²) in [6.07, 6.45) is 6.53. The van der Waals surface area contributed by atoms with Crippen LogP contribution in [-0.2, 0) is 0 Å². The number of rotatable bonds is 3. The number of aliphatic hydroxyl groups is 1. The summed E-state index contributed by atoms with van der Waals surface area (Å²) in [4.78, 5) is 9.19. The number of aliphatic hydroxyl groups excluding tert-OH is 1. The number of nitrogens with zero attached hydrogens (tertiary/aromatic N) is 5. The van der Waals surface area contributed by atoms with E-state index in [9.17, 15) is 5.11 Å². The number of halogens is 2. The summed E-state index contributed by atoms with van der Waals surface area (Å²) in [7, 11) is 0. The quantitative estimate of drug-likeness (QED) is 0.721. The molecule has 3 aromatic heterocycles. The molecule has 4 heterocycles. The van der Waals surface area contributed by atoms with Gasteiger partial charge in [0.15, 0.2) is 5.65 Å². The van der Waals surface area contributed by atoms with E-state index in [2.05, 4.69) is 25.0 Å². The van der Waals surface area contributed by atoms with Gasteiger partial charge in [0, 0.05) is 42.4 Å². The van der Waals surface area contributed by atoms with E-state index < -0.39 is 0 Å². The van der Waals surface area contributed by atoms with Crippen molar-refractivity contribution in [2.75, 3.05) is 13.2 Å². The molecule has 0 radical (unpaired) electrons. The molecule has 9 heteroatoms. The predicted molar refractivity (Wildman–Crippen MR) is 101 cm³/mol. The highest BCUT2D eigenvalue weighted by molar-refractivity contribution is 5.85. The Balaban J connectivity index is 0.00000113. The van der Waals surface area contributed by atoms with Crippen LogP contribution >= 0.6 is 24.8 Å². The van der Waals surface area contributed by atoms with Crippen molar-refractivity contribution in [3.05, 3.63) is 36.0 Å². The minimum Gasteiger partial charge on any atom is -0.395 e. The summed E-state index contributed by atoms with van der Waals surface area (Å²) >= 11 is 0. The van der Waals surface area contributed by atoms with Gasteiger partial charge in [-0.1, -0.05) is 0 Å². The largest absolute Gasteiger partial charge is 0.395 e. The van der Waals surface area contributed by atoms with Gasteiger partial charge in [-0.2, -0.15) is 5.10 Å². The van der Waals surface area contributed by atoms with E-state index in [0.717, 1.165) is 41.4 Å². The molecule has 0 spiro atoms. The number of hydrogen-bond donors (Lipinski definition) is 2. The van der Waals surface area contributed by atoms with E-state index >= 15 is 0 Å². The van der Waals surface area contributed by atoms with Crippen LogP contribution in [0.3, 0.4) is 0 Å². The molecule has 0 bridgehead atoms. The summed E-state index contributed by atoms with van der Waals surface area (Å²) < 4.78 is 4.02. The Morgan fingerprint density at radius 3 is 2.84 bits per heavy atom. The molecule has 2 N–H and O–H groups in total. The first-order valence-corrected chi connectivity index (χ1v) is 7.87. The van der Waals surface area contributed by atoms with E-state index in [1.807, 2.05) is 43.0 Å². The summed E-state index contributed by atoms with van der Waals surface area (Å²) in [5.74, 6) is 0.878. The van der Waals surface area contributed by atoms with Gasteiger partial charge in [-0.05, 0) is 26.3 Å². The molecule has 4 rings (SSSR count). The Bertz CT molecular complexity index is 862. The van der Waals surface area contributed by atoms with Crippen molar-refractivity contribution in [1.29, 1.82) is 0 Å². The molecule has 0 amide bonds. The molecular formula is C16H22Cl2N6O. The maximum atomic E-state index is 9.33. The SMILES string of the molecule is Cc1cc(C)n2ncc(-c3nccn3[C@H]3CN[C@H](CO)C3)c2n1.Cl.Cl. The summed E-state index contributed by atoms with van der Waals surface area (Å²) in [5, 5.41) is 17.1. The molecule has 7 nitrogen and oxygen atoms in total. The lowest BCUT2D eigenvalue weighted by Gasteiger charge is -2.14. The molecule has 1 aliphatic heterocycles. The van der Waals surface area contributed by atoms with Crippen LogP contribution in [0.2, 0.25) is 0 Å². The Hall–Kier alpha value is -1.67. The van der Waals surface area contributed by atoms with Gasteiger partial charge in [-0.3, -0.25) is 0 Å². The smallest absolute Gasteiger partial charge is 0.166 e. The van der Waals surface area contributed by atoms with E-state index in [1.165, 1.54) is 0 Å². The molecule has 0 aromatic carbocycles. The highest BCUT2D eigenvalue weighted by Crippen LogP contribution is 2.28. The zero-order valence-corrected chi connectivity index (χ0v) is 15.7. The first-order valence-electron chi connectivity index (χ1n) is 7.87. The van der Waals surface area contributed by atoms with Crippen molar-refractivity contribution in [2.24, 2.45) is 0 Å². The zero-order chi connectivity index (χ0) is 16.0. The third-order valence-corrected chi connectivity index (χ3v) is 4.50. The van der Waals surface area contributed by atoms with Gasteiger partial charge in [0.25, 0.3) is 0 Å². The molecule has 1 fully saturated rings. The third-order valence-electron chi connectivity index (χ3n) is 4.50. The maximum Gasteiger partial charge on any atom is 0.166 e. The molecule has 1 aliphatic rings. The zero-order valence-electron chi connectivity index (χ0n) is 14.1. The topological polar surface area (TPSA) is 80.3 Å². The molecule has 2 atom stereocenters. The van der Waals surface area contributed by atoms with Crippen molar-refractivity contribution in [3.8, 4) is 11.4 Å². The van der Waals surface area contributed by atoms with Crippen LogP contribution < -0.4 is 5.32 Å². The average Bonchev–Trinajstić information content (AvgIpc) is 3.24. The van der Waals surface area contributed by atoms with Gasteiger partial charge in [0.1, 0.15) is 5.82 Å². The van der Waals surface area contributed by atoms with Crippen LogP contribution in [0.25, 0.3) is 17.0 Å². The molecule has 0 aliphatic carbocycles. The van der Waals surface area contributed by atoms with Gasteiger partial charge in [-0.15, -0.1) is 24.8 Å². The lowest BCUT2D eigenvalue weighted by Crippen LogP contribution is -2.24. The van der Waals surface area contributed by atoms with Gasteiger partial charge >= 0.3 is 0 Å². The van der Waals surface area contributed by atoms with Crippen molar-refractivity contribution < 1.29 is 5.11 Å². The van der Waals surface area contributed by atoms with E-state index in [0.29, 0.717) is 0 Å².